The van der Waals surface area contributed by atoms with Crippen molar-refractivity contribution in [3.63, 3.8) is 0 Å². The fraction of sp³-hybridized carbons (Fsp3) is 0.250. The number of aliphatic hydroxyl groups excluding tert-OH is 1. The molecule has 0 aliphatic heterocycles. The van der Waals surface area contributed by atoms with E-state index in [0.29, 0.717) is 5.52 Å². The Bertz CT molecular complexity index is 788. The molecule has 9 nitrogen and oxygen atoms in total. The van der Waals surface area contributed by atoms with Crippen molar-refractivity contribution in [2.45, 2.75) is 19.1 Å². The summed E-state index contributed by atoms with van der Waals surface area (Å²) in [5.41, 5.74) is 6.00. The van der Waals surface area contributed by atoms with Crippen molar-refractivity contribution < 1.29 is 22.5 Å². The van der Waals surface area contributed by atoms with Gasteiger partial charge in [-0.25, -0.2) is 9.71 Å². The molecule has 2 atom stereocenters. The predicted molar refractivity (Wildman–Crippen MR) is 76.9 cm³/mol. The van der Waals surface area contributed by atoms with Gasteiger partial charge >= 0.3 is 10.3 Å². The van der Waals surface area contributed by atoms with Crippen LogP contribution in [0.5, 0.6) is 5.75 Å². The lowest BCUT2D eigenvalue weighted by Crippen LogP contribution is -2.49. The van der Waals surface area contributed by atoms with Crippen molar-refractivity contribution >= 4 is 27.2 Å². The number of fused-ring (bicyclic) bond motifs is 1. The Kier molecular flexibility index (Phi) is 4.54. The average Bonchev–Trinajstić information content (AvgIpc) is 2.45. The van der Waals surface area contributed by atoms with E-state index in [1.165, 1.54) is 31.5 Å². The first kappa shape index (κ1) is 16.1. The second kappa shape index (κ2) is 6.22. The molecule has 4 N–H and O–H groups in total. The quantitative estimate of drug-likeness (QED) is 0.639. The van der Waals surface area contributed by atoms with Crippen LogP contribution in [-0.4, -0.2) is 41.5 Å². The van der Waals surface area contributed by atoms with E-state index in [2.05, 4.69) is 9.97 Å². The van der Waals surface area contributed by atoms with Gasteiger partial charge in [-0.3, -0.25) is 9.78 Å². The van der Waals surface area contributed by atoms with E-state index in [9.17, 15) is 18.3 Å². The molecule has 0 saturated heterocycles. The molecular weight excluding hydrogens is 312 g/mol. The minimum Gasteiger partial charge on any atom is -0.391 e. The number of amides is 1. The smallest absolute Gasteiger partial charge is 0.391 e. The number of hydrogen-bond donors (Lipinski definition) is 3. The molecule has 0 unspecified atom stereocenters. The summed E-state index contributed by atoms with van der Waals surface area (Å²) in [5.74, 6) is -1.17. The molecule has 22 heavy (non-hydrogen) atoms. The van der Waals surface area contributed by atoms with Gasteiger partial charge in [-0.2, -0.15) is 8.42 Å². The Balaban J connectivity index is 2.23. The Morgan fingerprint density at radius 1 is 1.36 bits per heavy atom. The second-order valence-electron chi connectivity index (χ2n) is 4.45. The molecule has 1 aromatic carbocycles. The van der Waals surface area contributed by atoms with Gasteiger partial charge in [-0.15, -0.1) is 0 Å². The van der Waals surface area contributed by atoms with Gasteiger partial charge in [0.15, 0.2) is 5.75 Å². The van der Waals surface area contributed by atoms with Crippen LogP contribution in [0.25, 0.3) is 11.0 Å². The largest absolute Gasteiger partial charge is 0.409 e. The highest BCUT2D eigenvalue weighted by atomic mass is 32.2. The summed E-state index contributed by atoms with van der Waals surface area (Å²) in [6.45, 7) is 1.26. The summed E-state index contributed by atoms with van der Waals surface area (Å²) in [7, 11) is -4.46. The van der Waals surface area contributed by atoms with Crippen molar-refractivity contribution in [3.05, 3.63) is 30.6 Å². The summed E-state index contributed by atoms with van der Waals surface area (Å²) in [6.07, 6.45) is 1.62. The maximum atomic E-state index is 11.8. The monoisotopic (exact) mass is 326 g/mol. The summed E-state index contributed by atoms with van der Waals surface area (Å²) in [6, 6.07) is 3.13. The molecular formula is C12H14N4O5S. The number of nitrogens with two attached hydrogens (primary N) is 1. The Morgan fingerprint density at radius 2 is 2.05 bits per heavy atom. The lowest BCUT2D eigenvalue weighted by Gasteiger charge is -2.15. The number of nitrogens with zero attached hydrogens (tertiary/aromatic N) is 2. The number of rotatable bonds is 5. The van der Waals surface area contributed by atoms with Crippen molar-refractivity contribution in [2.24, 2.45) is 5.73 Å². The minimum absolute atomic E-state index is 0.0866. The van der Waals surface area contributed by atoms with Crippen LogP contribution in [0.1, 0.15) is 6.92 Å². The standard InChI is InChI=1S/C12H14N4O5S/c1-7(17)10(13)12(18)16-22(19,20)21-9-4-2-3-8-11(9)15-6-5-14-8/h2-7,10,17H,13H2,1H3,(H,16,18)/t7-,10+/m1/s1. The van der Waals surface area contributed by atoms with Gasteiger partial charge in [0.2, 0.25) is 0 Å². The second-order valence-corrected chi connectivity index (χ2v) is 5.73. The van der Waals surface area contributed by atoms with E-state index in [1.807, 2.05) is 0 Å². The van der Waals surface area contributed by atoms with Crippen LogP contribution >= 0.6 is 0 Å². The number of aromatic nitrogens is 2. The number of aliphatic hydroxyl groups is 1. The fourth-order valence-electron chi connectivity index (χ4n) is 1.58. The molecule has 1 heterocycles. The highest BCUT2D eigenvalue weighted by Crippen LogP contribution is 2.22. The highest BCUT2D eigenvalue weighted by molar-refractivity contribution is 7.85. The molecule has 2 rings (SSSR count). The van der Waals surface area contributed by atoms with Crippen LogP contribution in [0.4, 0.5) is 0 Å². The van der Waals surface area contributed by atoms with Gasteiger partial charge in [0.25, 0.3) is 5.91 Å². The topological polar surface area (TPSA) is 144 Å². The molecule has 10 heteroatoms. The lowest BCUT2D eigenvalue weighted by atomic mass is 10.2. The number of carbonyl (C=O) groups excluding carboxylic acids is 1. The van der Waals surface area contributed by atoms with Crippen LogP contribution in [0.3, 0.4) is 0 Å². The third kappa shape index (κ3) is 3.67. The van der Waals surface area contributed by atoms with Crippen LogP contribution in [0.15, 0.2) is 30.6 Å². The Morgan fingerprint density at radius 3 is 2.73 bits per heavy atom. The summed E-state index contributed by atoms with van der Waals surface area (Å²) >= 11 is 0. The maximum absolute atomic E-state index is 11.8. The van der Waals surface area contributed by atoms with Crippen molar-refractivity contribution in [1.29, 1.82) is 0 Å². The van der Waals surface area contributed by atoms with Crippen molar-refractivity contribution in [2.75, 3.05) is 0 Å². The minimum atomic E-state index is -4.46. The first-order chi connectivity index (χ1) is 10.3. The molecule has 118 valence electrons. The summed E-state index contributed by atoms with van der Waals surface area (Å²) in [4.78, 5) is 19.6. The third-order valence-electron chi connectivity index (χ3n) is 2.71. The van der Waals surface area contributed by atoms with E-state index in [4.69, 9.17) is 9.92 Å². The number of hydrogen-bond acceptors (Lipinski definition) is 8. The number of nitrogens with one attached hydrogen (secondary N) is 1. The molecule has 1 aromatic heterocycles. The molecule has 0 aliphatic rings. The van der Waals surface area contributed by atoms with Crippen LogP contribution in [0, 0.1) is 0 Å². The van der Waals surface area contributed by atoms with Crippen molar-refractivity contribution in [3.8, 4) is 5.75 Å². The van der Waals surface area contributed by atoms with Crippen molar-refractivity contribution in [1.82, 2.24) is 14.7 Å². The highest BCUT2D eigenvalue weighted by Gasteiger charge is 2.25. The summed E-state index contributed by atoms with van der Waals surface area (Å²) in [5, 5.41) is 9.18. The predicted octanol–water partition coefficient (Wildman–Crippen LogP) is -0.922. The summed E-state index contributed by atoms with van der Waals surface area (Å²) < 4.78 is 30.1. The fourth-order valence-corrected chi connectivity index (χ4v) is 2.38. The molecule has 0 aliphatic carbocycles. The SMILES string of the molecule is C[C@@H](O)[C@H](N)C(=O)NS(=O)(=O)Oc1cccc2nccnc12. The number of carbonyl (C=O) groups is 1. The molecule has 1 amide bonds. The average molecular weight is 326 g/mol. The van der Waals surface area contributed by atoms with Crippen LogP contribution in [0.2, 0.25) is 0 Å². The van der Waals surface area contributed by atoms with Gasteiger partial charge in [0.05, 0.1) is 11.6 Å². The van der Waals surface area contributed by atoms with E-state index >= 15 is 0 Å². The zero-order valence-electron chi connectivity index (χ0n) is 11.5. The Hall–Kier alpha value is -2.30. The number of benzene rings is 1. The van der Waals surface area contributed by atoms with Crippen LogP contribution in [-0.2, 0) is 15.1 Å². The molecule has 0 saturated carbocycles. The lowest BCUT2D eigenvalue weighted by molar-refractivity contribution is -0.122. The molecule has 2 aromatic rings. The van der Waals surface area contributed by atoms with Gasteiger partial charge in [-0.05, 0) is 19.1 Å². The maximum Gasteiger partial charge on any atom is 0.409 e. The van der Waals surface area contributed by atoms with Gasteiger partial charge in [-0.1, -0.05) is 6.07 Å². The molecule has 0 spiro atoms. The molecule has 0 radical (unpaired) electrons. The van der Waals surface area contributed by atoms with E-state index < -0.39 is 28.4 Å². The van der Waals surface area contributed by atoms with Gasteiger partial charge in [0.1, 0.15) is 11.6 Å². The van der Waals surface area contributed by atoms with Gasteiger partial charge < -0.3 is 15.0 Å². The Labute approximate surface area is 126 Å². The van der Waals surface area contributed by atoms with E-state index in [-0.39, 0.29) is 11.3 Å². The third-order valence-corrected chi connectivity index (χ3v) is 3.56. The molecule has 0 bridgehead atoms. The van der Waals surface area contributed by atoms with E-state index in [0.717, 1.165) is 0 Å². The number of para-hydroxylation sites is 1. The van der Waals surface area contributed by atoms with Gasteiger partial charge in [0, 0.05) is 12.4 Å². The zero-order chi connectivity index (χ0) is 16.3. The van der Waals surface area contributed by atoms with Crippen LogP contribution < -0.4 is 14.6 Å². The zero-order valence-corrected chi connectivity index (χ0v) is 12.3. The molecule has 0 fully saturated rings. The normalized spacial score (nSPS) is 14.3. The van der Waals surface area contributed by atoms with E-state index in [1.54, 1.807) is 10.8 Å². The first-order valence-electron chi connectivity index (χ1n) is 6.19. The first-order valence-corrected chi connectivity index (χ1v) is 7.60.